The Labute approximate surface area is 268 Å². The minimum atomic E-state index is -0.739. The fraction of sp³-hybridized carbons (Fsp3) is 0.947. The van der Waals surface area contributed by atoms with Crippen LogP contribution in [0.25, 0.3) is 0 Å². The van der Waals surface area contributed by atoms with Gasteiger partial charge in [0.1, 0.15) is 6.54 Å². The number of unbranched alkanes of at least 4 members (excludes halogenated alkanes) is 23. The van der Waals surface area contributed by atoms with Crippen LogP contribution in [0.2, 0.25) is 0 Å². The Morgan fingerprint density at radius 2 is 0.907 bits per heavy atom. The average molecular weight is 611 g/mol. The maximum atomic E-state index is 12.8. The van der Waals surface area contributed by atoms with Gasteiger partial charge in [0.25, 0.3) is 0 Å². The van der Waals surface area contributed by atoms with E-state index in [1.54, 1.807) is 0 Å². The van der Waals surface area contributed by atoms with E-state index < -0.39 is 5.97 Å². The van der Waals surface area contributed by atoms with Crippen LogP contribution in [0.5, 0.6) is 0 Å². The molecule has 0 aromatic heterocycles. The number of carbonyl (C=O) groups is 2. The van der Waals surface area contributed by atoms with Gasteiger partial charge < -0.3 is 14.3 Å². The summed E-state index contributed by atoms with van der Waals surface area (Å²) in [7, 11) is 4.27. The highest BCUT2D eigenvalue weighted by molar-refractivity contribution is 5.69. The van der Waals surface area contributed by atoms with Crippen LogP contribution in [0.4, 0.5) is 0 Å². The minimum Gasteiger partial charge on any atom is -0.481 e. The van der Waals surface area contributed by atoms with Gasteiger partial charge >= 0.3 is 11.9 Å². The van der Waals surface area contributed by atoms with Crippen LogP contribution in [0.3, 0.4) is 0 Å². The fourth-order valence-corrected chi connectivity index (χ4v) is 6.23. The summed E-state index contributed by atoms with van der Waals surface area (Å²) in [6.45, 7) is 6.10. The molecule has 0 aliphatic carbocycles. The Kier molecular flexibility index (Phi) is 30.1. The molecule has 0 amide bonds. The Bertz CT molecular complexity index is 621. The lowest BCUT2D eigenvalue weighted by atomic mass is 10.0. The molecule has 0 radical (unpaired) electrons. The van der Waals surface area contributed by atoms with E-state index in [9.17, 15) is 9.59 Å². The van der Waals surface area contributed by atoms with Crippen LogP contribution in [0.1, 0.15) is 200 Å². The SMILES string of the molecule is CCCCCCCCCCCCCCCC(=O)OC(CCCCCCCCCCCCCC)C[N+](C)(C)CCCC(=O)O. The van der Waals surface area contributed by atoms with Gasteiger partial charge in [-0.25, -0.2) is 0 Å². The molecule has 0 aromatic rings. The van der Waals surface area contributed by atoms with E-state index in [4.69, 9.17) is 9.84 Å². The first-order chi connectivity index (χ1) is 20.8. The Morgan fingerprint density at radius 3 is 1.30 bits per heavy atom. The van der Waals surface area contributed by atoms with Crippen molar-refractivity contribution in [3.05, 3.63) is 0 Å². The third kappa shape index (κ3) is 32.1. The third-order valence-electron chi connectivity index (χ3n) is 9.01. The Morgan fingerprint density at radius 1 is 0.535 bits per heavy atom. The lowest BCUT2D eigenvalue weighted by Crippen LogP contribution is -2.47. The summed E-state index contributed by atoms with van der Waals surface area (Å²) in [5.74, 6) is -0.783. The number of hydrogen-bond donors (Lipinski definition) is 1. The van der Waals surface area contributed by atoms with Crippen molar-refractivity contribution in [2.45, 2.75) is 206 Å². The van der Waals surface area contributed by atoms with Crippen LogP contribution in [0.15, 0.2) is 0 Å². The van der Waals surface area contributed by atoms with Gasteiger partial charge in [-0.2, -0.15) is 0 Å². The third-order valence-corrected chi connectivity index (χ3v) is 9.01. The number of rotatable bonds is 34. The van der Waals surface area contributed by atoms with Crippen molar-refractivity contribution >= 4 is 11.9 Å². The number of ether oxygens (including phenoxy) is 1. The molecule has 0 aliphatic rings. The second kappa shape index (κ2) is 30.9. The van der Waals surface area contributed by atoms with E-state index in [-0.39, 0.29) is 18.5 Å². The van der Waals surface area contributed by atoms with Crippen molar-refractivity contribution in [2.24, 2.45) is 0 Å². The highest BCUT2D eigenvalue weighted by atomic mass is 16.5. The summed E-state index contributed by atoms with van der Waals surface area (Å²) in [4.78, 5) is 23.7. The summed E-state index contributed by atoms with van der Waals surface area (Å²) in [5.41, 5.74) is 0. The van der Waals surface area contributed by atoms with Crippen LogP contribution in [-0.4, -0.2) is 54.8 Å². The first-order valence-corrected chi connectivity index (χ1v) is 19.0. The standard InChI is InChI=1S/C38H75NO4/c1-5-7-9-11-13-15-17-19-21-23-25-27-29-33-38(42)43-36(35-39(3,4)34-30-32-37(40)41)31-28-26-24-22-20-18-16-14-12-10-8-6-2/h36H,5-35H2,1-4H3/p+1. The Balaban J connectivity index is 4.20. The molecule has 5 nitrogen and oxygen atoms in total. The molecule has 43 heavy (non-hydrogen) atoms. The molecule has 0 spiro atoms. The zero-order valence-corrected chi connectivity index (χ0v) is 29.6. The molecular formula is C38H76NO4+. The lowest BCUT2D eigenvalue weighted by Gasteiger charge is -2.33. The van der Waals surface area contributed by atoms with Crippen LogP contribution >= 0.6 is 0 Å². The second-order valence-electron chi connectivity index (χ2n) is 14.1. The molecule has 0 bridgehead atoms. The molecule has 0 aliphatic heterocycles. The molecule has 0 saturated carbocycles. The quantitative estimate of drug-likeness (QED) is 0.0447. The summed E-state index contributed by atoms with van der Waals surface area (Å²) in [6, 6.07) is 0. The molecule has 256 valence electrons. The van der Waals surface area contributed by atoms with Crippen molar-refractivity contribution in [2.75, 3.05) is 27.2 Å². The summed E-state index contributed by atoms with van der Waals surface area (Å²) in [6.07, 6.45) is 35.1. The topological polar surface area (TPSA) is 63.6 Å². The zero-order valence-electron chi connectivity index (χ0n) is 29.6. The van der Waals surface area contributed by atoms with Crippen molar-refractivity contribution in [1.82, 2.24) is 0 Å². The molecular weight excluding hydrogens is 534 g/mol. The first-order valence-electron chi connectivity index (χ1n) is 19.0. The van der Waals surface area contributed by atoms with Gasteiger partial charge in [-0.15, -0.1) is 0 Å². The molecule has 0 aromatic carbocycles. The fourth-order valence-electron chi connectivity index (χ4n) is 6.23. The lowest BCUT2D eigenvalue weighted by molar-refractivity contribution is -0.893. The van der Waals surface area contributed by atoms with Crippen LogP contribution in [-0.2, 0) is 14.3 Å². The van der Waals surface area contributed by atoms with Crippen molar-refractivity contribution in [1.29, 1.82) is 0 Å². The van der Waals surface area contributed by atoms with E-state index in [0.29, 0.717) is 17.3 Å². The summed E-state index contributed by atoms with van der Waals surface area (Å²) < 4.78 is 6.75. The van der Waals surface area contributed by atoms with Gasteiger partial charge in [0, 0.05) is 12.8 Å². The van der Waals surface area contributed by atoms with Gasteiger partial charge in [0.05, 0.1) is 27.1 Å². The predicted octanol–water partition coefficient (Wildman–Crippen LogP) is 11.4. The van der Waals surface area contributed by atoms with Gasteiger partial charge in [0.2, 0.25) is 0 Å². The molecule has 0 fully saturated rings. The van der Waals surface area contributed by atoms with E-state index in [1.165, 1.54) is 141 Å². The largest absolute Gasteiger partial charge is 0.481 e. The molecule has 0 heterocycles. The van der Waals surface area contributed by atoms with E-state index in [1.807, 2.05) is 0 Å². The number of carboxylic acids is 1. The van der Waals surface area contributed by atoms with E-state index in [2.05, 4.69) is 27.9 Å². The second-order valence-corrected chi connectivity index (χ2v) is 14.1. The van der Waals surface area contributed by atoms with Crippen LogP contribution < -0.4 is 0 Å². The summed E-state index contributed by atoms with van der Waals surface area (Å²) >= 11 is 0. The van der Waals surface area contributed by atoms with Gasteiger partial charge in [-0.05, 0) is 19.3 Å². The maximum Gasteiger partial charge on any atom is 0.306 e. The van der Waals surface area contributed by atoms with Crippen molar-refractivity contribution in [3.63, 3.8) is 0 Å². The molecule has 0 saturated heterocycles. The van der Waals surface area contributed by atoms with Gasteiger partial charge in [0.15, 0.2) is 6.10 Å². The average Bonchev–Trinajstić information content (AvgIpc) is 2.95. The smallest absolute Gasteiger partial charge is 0.306 e. The minimum absolute atomic E-state index is 0.0439. The number of carboxylic acid groups (broad SMARTS) is 1. The first kappa shape index (κ1) is 41.9. The number of aliphatic carboxylic acids is 1. The number of quaternary nitrogens is 1. The van der Waals surface area contributed by atoms with Crippen molar-refractivity contribution < 1.29 is 23.9 Å². The monoisotopic (exact) mass is 611 g/mol. The van der Waals surface area contributed by atoms with Gasteiger partial charge in [-0.1, -0.05) is 162 Å². The zero-order chi connectivity index (χ0) is 31.9. The van der Waals surface area contributed by atoms with E-state index >= 15 is 0 Å². The maximum absolute atomic E-state index is 12.8. The molecule has 1 N–H and O–H groups in total. The van der Waals surface area contributed by atoms with Crippen LogP contribution in [0, 0.1) is 0 Å². The number of hydrogen-bond acceptors (Lipinski definition) is 3. The van der Waals surface area contributed by atoms with Crippen molar-refractivity contribution in [3.8, 4) is 0 Å². The number of nitrogens with zero attached hydrogens (tertiary/aromatic N) is 1. The highest BCUT2D eigenvalue weighted by Gasteiger charge is 2.25. The molecule has 0 rings (SSSR count). The Hall–Kier alpha value is -1.10. The predicted molar refractivity (Wildman–Crippen MR) is 185 cm³/mol. The molecule has 1 unspecified atom stereocenters. The normalized spacial score (nSPS) is 12.5. The summed E-state index contributed by atoms with van der Waals surface area (Å²) in [5, 5.41) is 9.03. The van der Waals surface area contributed by atoms with E-state index in [0.717, 1.165) is 38.8 Å². The van der Waals surface area contributed by atoms with Gasteiger partial charge in [-0.3, -0.25) is 9.59 Å². The molecule has 1 atom stereocenters. The molecule has 5 heteroatoms. The number of carbonyl (C=O) groups excluding carboxylic acids is 1. The number of esters is 1. The number of likely N-dealkylation sites (N-methyl/N-ethyl adjacent to an activating group) is 1. The highest BCUT2D eigenvalue weighted by Crippen LogP contribution is 2.18.